The Bertz CT molecular complexity index is 1100. The van der Waals surface area contributed by atoms with E-state index < -0.39 is 0 Å². The molecule has 0 radical (unpaired) electrons. The van der Waals surface area contributed by atoms with E-state index in [-0.39, 0.29) is 10.8 Å². The third-order valence-corrected chi connectivity index (χ3v) is 8.98. The lowest BCUT2D eigenvalue weighted by atomic mass is 9.72. The first-order valence-corrected chi connectivity index (χ1v) is 12.8. The first-order valence-electron chi connectivity index (χ1n) is 12.8. The Kier molecular flexibility index (Phi) is 5.04. The lowest BCUT2D eigenvalue weighted by Gasteiger charge is -2.30. The minimum absolute atomic E-state index is 0.111. The highest BCUT2D eigenvalue weighted by Crippen LogP contribution is 2.58. The van der Waals surface area contributed by atoms with Crippen molar-refractivity contribution in [3.8, 4) is 22.3 Å². The molecule has 3 aromatic rings. The fraction of sp³-hybridized carbons (Fsp3) is 0.467. The number of benzene rings is 1. The maximum absolute atomic E-state index is 2.59. The van der Waals surface area contributed by atoms with Gasteiger partial charge in [-0.15, -0.1) is 0 Å². The van der Waals surface area contributed by atoms with Crippen molar-refractivity contribution in [1.82, 2.24) is 0 Å². The summed E-state index contributed by atoms with van der Waals surface area (Å²) in [5.41, 5.74) is 12.2. The summed E-state index contributed by atoms with van der Waals surface area (Å²) < 4.78 is 4.69. The average Bonchev–Trinajstić information content (AvgIpc) is 3.28. The van der Waals surface area contributed by atoms with Gasteiger partial charge in [-0.05, 0) is 85.0 Å². The lowest BCUT2D eigenvalue weighted by Crippen LogP contribution is -2.34. The van der Waals surface area contributed by atoms with E-state index in [9.17, 15) is 0 Å². The second-order valence-electron chi connectivity index (χ2n) is 9.73. The van der Waals surface area contributed by atoms with Gasteiger partial charge in [-0.3, -0.25) is 0 Å². The Morgan fingerprint density at radius 3 is 1.22 bits per heavy atom. The summed E-state index contributed by atoms with van der Waals surface area (Å²) >= 11 is 0. The van der Waals surface area contributed by atoms with Gasteiger partial charge in [0.25, 0.3) is 0 Å². The fourth-order valence-electron chi connectivity index (χ4n) is 6.85. The number of nitrogens with zero attached hydrogens (tertiary/aromatic N) is 2. The van der Waals surface area contributed by atoms with E-state index in [0.29, 0.717) is 0 Å². The second kappa shape index (κ2) is 7.54. The van der Waals surface area contributed by atoms with Crippen LogP contribution in [-0.4, -0.2) is 0 Å². The summed E-state index contributed by atoms with van der Waals surface area (Å²) in [5, 5.41) is 0. The summed E-state index contributed by atoms with van der Waals surface area (Å²) in [4.78, 5) is 0. The van der Waals surface area contributed by atoms with Crippen LogP contribution in [0.3, 0.4) is 0 Å². The van der Waals surface area contributed by atoms with Gasteiger partial charge in [0.2, 0.25) is 0 Å². The number of aromatic nitrogens is 2. The molecule has 5 rings (SSSR count). The molecule has 0 amide bonds. The summed E-state index contributed by atoms with van der Waals surface area (Å²) in [6.07, 6.45) is 13.9. The van der Waals surface area contributed by atoms with Crippen molar-refractivity contribution in [2.24, 2.45) is 0 Å². The largest absolute Gasteiger partial charge is 0.205 e. The summed E-state index contributed by atoms with van der Waals surface area (Å²) in [7, 11) is 0. The Balaban J connectivity index is 1.84. The van der Waals surface area contributed by atoms with Crippen molar-refractivity contribution in [2.45, 2.75) is 91.1 Å². The normalized spacial score (nSPS) is 16.4. The number of fused-ring (bicyclic) bond motifs is 6. The zero-order valence-electron chi connectivity index (χ0n) is 20.8. The molecule has 2 heteroatoms. The highest BCUT2D eigenvalue weighted by molar-refractivity contribution is 5.89. The van der Waals surface area contributed by atoms with Crippen molar-refractivity contribution >= 4 is 0 Å². The van der Waals surface area contributed by atoms with Gasteiger partial charge in [0.05, 0.1) is 0 Å². The molecule has 0 atom stereocenters. The maximum atomic E-state index is 2.59. The number of rotatable bonds is 6. The number of hydrogen-bond acceptors (Lipinski definition) is 0. The molecule has 0 spiro atoms. The van der Waals surface area contributed by atoms with E-state index in [1.54, 1.807) is 11.1 Å². The zero-order chi connectivity index (χ0) is 22.7. The van der Waals surface area contributed by atoms with Gasteiger partial charge in [-0.2, -0.15) is 0 Å². The molecular formula is C30H38N2+2. The smallest absolute Gasteiger partial charge is 0.173 e. The molecule has 166 valence electrons. The molecule has 2 nitrogen and oxygen atoms in total. The standard InChI is InChI=1S/C30H38N2/c1-7-29(8-2)25-17-24-22-14-16-32(12-6)20-28(22)30(9-3,10-4)26(24)18-23(25)21-13-15-31(11-5)19-27(21)29/h13-20H,7-12H2,1-6H3/q+2. The van der Waals surface area contributed by atoms with E-state index in [0.717, 1.165) is 38.8 Å². The van der Waals surface area contributed by atoms with E-state index in [2.05, 4.69) is 99.7 Å². The predicted octanol–water partition coefficient (Wildman–Crippen LogP) is 6.47. The van der Waals surface area contributed by atoms with E-state index in [1.165, 1.54) is 33.4 Å². The topological polar surface area (TPSA) is 7.76 Å². The maximum Gasteiger partial charge on any atom is 0.173 e. The third-order valence-electron chi connectivity index (χ3n) is 8.98. The summed E-state index contributed by atoms with van der Waals surface area (Å²) in [6, 6.07) is 9.94. The Morgan fingerprint density at radius 2 is 0.906 bits per heavy atom. The van der Waals surface area contributed by atoms with Crippen LogP contribution in [-0.2, 0) is 23.9 Å². The molecule has 2 aliphatic rings. The number of pyridine rings is 2. The quantitative estimate of drug-likeness (QED) is 0.399. The Hall–Kier alpha value is -2.48. The molecule has 0 fully saturated rings. The summed E-state index contributed by atoms with van der Waals surface area (Å²) in [6.45, 7) is 16.0. The molecule has 2 heterocycles. The first kappa shape index (κ1) is 21.4. The van der Waals surface area contributed by atoms with Gasteiger partial charge < -0.3 is 0 Å². The molecule has 0 N–H and O–H groups in total. The van der Waals surface area contributed by atoms with Crippen molar-refractivity contribution in [3.05, 3.63) is 71.3 Å². The highest BCUT2D eigenvalue weighted by Gasteiger charge is 2.47. The zero-order valence-corrected chi connectivity index (χ0v) is 20.8. The minimum Gasteiger partial charge on any atom is -0.205 e. The third kappa shape index (κ3) is 2.53. The molecule has 1 aromatic carbocycles. The van der Waals surface area contributed by atoms with Crippen LogP contribution in [0.1, 0.15) is 89.5 Å². The van der Waals surface area contributed by atoms with Crippen LogP contribution in [0, 0.1) is 0 Å². The molecule has 0 unspecified atom stereocenters. The Labute approximate surface area is 194 Å². The van der Waals surface area contributed by atoms with Crippen LogP contribution < -0.4 is 9.13 Å². The average molecular weight is 427 g/mol. The molecule has 0 bridgehead atoms. The lowest BCUT2D eigenvalue weighted by molar-refractivity contribution is -0.694. The van der Waals surface area contributed by atoms with Crippen LogP contribution in [0.5, 0.6) is 0 Å². The number of aryl methyl sites for hydroxylation is 2. The van der Waals surface area contributed by atoms with Gasteiger partial charge in [-0.1, -0.05) is 27.7 Å². The first-order chi connectivity index (χ1) is 15.5. The van der Waals surface area contributed by atoms with Gasteiger partial charge in [0.1, 0.15) is 13.1 Å². The van der Waals surface area contributed by atoms with E-state index in [4.69, 9.17) is 0 Å². The fourth-order valence-corrected chi connectivity index (χ4v) is 6.85. The van der Waals surface area contributed by atoms with Crippen LogP contribution in [0.15, 0.2) is 49.1 Å². The van der Waals surface area contributed by atoms with Crippen molar-refractivity contribution in [1.29, 1.82) is 0 Å². The number of hydrogen-bond donors (Lipinski definition) is 0. The minimum atomic E-state index is 0.111. The van der Waals surface area contributed by atoms with Gasteiger partial charge in [0, 0.05) is 34.1 Å². The molecule has 2 aromatic heterocycles. The van der Waals surface area contributed by atoms with Crippen LogP contribution in [0.4, 0.5) is 0 Å². The monoisotopic (exact) mass is 426 g/mol. The molecule has 32 heavy (non-hydrogen) atoms. The van der Waals surface area contributed by atoms with E-state index in [1.807, 2.05) is 0 Å². The predicted molar refractivity (Wildman–Crippen MR) is 132 cm³/mol. The van der Waals surface area contributed by atoms with Crippen LogP contribution in [0.25, 0.3) is 22.3 Å². The van der Waals surface area contributed by atoms with Gasteiger partial charge in [0.15, 0.2) is 24.8 Å². The molecular weight excluding hydrogens is 388 g/mol. The molecule has 0 aliphatic heterocycles. The van der Waals surface area contributed by atoms with Gasteiger partial charge in [-0.25, -0.2) is 9.13 Å². The van der Waals surface area contributed by atoms with Gasteiger partial charge >= 0.3 is 0 Å². The van der Waals surface area contributed by atoms with Crippen molar-refractivity contribution in [2.75, 3.05) is 0 Å². The van der Waals surface area contributed by atoms with Crippen LogP contribution >= 0.6 is 0 Å². The second-order valence-corrected chi connectivity index (χ2v) is 9.73. The highest BCUT2D eigenvalue weighted by atomic mass is 14.9. The van der Waals surface area contributed by atoms with Crippen molar-refractivity contribution < 1.29 is 9.13 Å². The SMILES string of the molecule is CC[n+]1ccc2c(c1)C(CC)(CC)c1cc3c(cc1-2)C(CC)(CC)c1c[n+](CC)ccc1-3. The van der Waals surface area contributed by atoms with E-state index >= 15 is 0 Å². The summed E-state index contributed by atoms with van der Waals surface area (Å²) in [5.74, 6) is 0. The van der Waals surface area contributed by atoms with Crippen LogP contribution in [0.2, 0.25) is 0 Å². The molecule has 2 aliphatic carbocycles. The Morgan fingerprint density at radius 1 is 0.531 bits per heavy atom. The molecule has 0 saturated carbocycles. The van der Waals surface area contributed by atoms with Crippen molar-refractivity contribution in [3.63, 3.8) is 0 Å². The molecule has 0 saturated heterocycles.